The van der Waals surface area contributed by atoms with E-state index in [0.717, 1.165) is 17.6 Å². The third-order valence-corrected chi connectivity index (χ3v) is 8.80. The molecule has 0 aromatic heterocycles. The minimum Gasteiger partial charge on any atom is -0.289 e. The highest BCUT2D eigenvalue weighted by Crippen LogP contribution is 2.31. The summed E-state index contributed by atoms with van der Waals surface area (Å²) in [5, 5.41) is 0. The van der Waals surface area contributed by atoms with Crippen LogP contribution in [0.2, 0.25) is 0 Å². The standard InChI is InChI=1S/C42H55FO/c1-4-5-6-7-8-9-10-11-12-13-14-15-16-17-18-19-41(38-27-25-36(26-28-38)34(2)3)37-23-20-35(21-24-37)22-33-42(44)39-29-31-40(43)32-30-39/h20-33,41H,2,4-19H2,1,3H3. The van der Waals surface area contributed by atoms with Gasteiger partial charge >= 0.3 is 0 Å². The first-order valence-electron chi connectivity index (χ1n) is 17.3. The number of hydrogen-bond donors (Lipinski definition) is 0. The van der Waals surface area contributed by atoms with E-state index < -0.39 is 0 Å². The monoisotopic (exact) mass is 594 g/mol. The van der Waals surface area contributed by atoms with E-state index >= 15 is 0 Å². The first-order chi connectivity index (χ1) is 21.5. The second-order valence-corrected chi connectivity index (χ2v) is 12.6. The average molecular weight is 595 g/mol. The van der Waals surface area contributed by atoms with E-state index in [1.54, 1.807) is 6.08 Å². The Morgan fingerprint density at radius 2 is 1.07 bits per heavy atom. The zero-order valence-electron chi connectivity index (χ0n) is 27.5. The molecular formula is C42H55FO. The van der Waals surface area contributed by atoms with Crippen molar-refractivity contribution in [2.45, 2.75) is 122 Å². The minimum absolute atomic E-state index is 0.127. The molecule has 3 aromatic rings. The predicted molar refractivity (Wildman–Crippen MR) is 189 cm³/mol. The number of unbranched alkanes of at least 4 members (excludes halogenated alkanes) is 14. The molecule has 0 radical (unpaired) electrons. The smallest absolute Gasteiger partial charge is 0.185 e. The van der Waals surface area contributed by atoms with Crippen LogP contribution in [0, 0.1) is 5.82 Å². The van der Waals surface area contributed by atoms with E-state index in [1.807, 2.05) is 6.08 Å². The molecule has 0 aliphatic rings. The number of rotatable bonds is 22. The second-order valence-electron chi connectivity index (χ2n) is 12.6. The SMILES string of the molecule is C=C(C)c1ccc(C(CCCCCCCCCCCCCCCCC)c2ccc(C=CC(=O)c3ccc(F)cc3)cc2)cc1. The maximum absolute atomic E-state index is 13.2. The summed E-state index contributed by atoms with van der Waals surface area (Å²) in [7, 11) is 0. The molecule has 1 nitrogen and oxygen atoms in total. The van der Waals surface area contributed by atoms with Crippen molar-refractivity contribution in [3.05, 3.63) is 119 Å². The molecule has 0 heterocycles. The summed E-state index contributed by atoms with van der Waals surface area (Å²) >= 11 is 0. The predicted octanol–water partition coefficient (Wildman–Crippen LogP) is 13.1. The normalized spacial score (nSPS) is 12.1. The summed E-state index contributed by atoms with van der Waals surface area (Å²) < 4.78 is 13.2. The van der Waals surface area contributed by atoms with Crippen LogP contribution >= 0.6 is 0 Å². The van der Waals surface area contributed by atoms with E-state index in [-0.39, 0.29) is 11.6 Å². The number of allylic oxidation sites excluding steroid dienone is 2. The van der Waals surface area contributed by atoms with Gasteiger partial charge in [0, 0.05) is 11.5 Å². The van der Waals surface area contributed by atoms with Gasteiger partial charge in [0.05, 0.1) is 0 Å². The zero-order valence-corrected chi connectivity index (χ0v) is 27.5. The van der Waals surface area contributed by atoms with Crippen molar-refractivity contribution in [1.29, 1.82) is 0 Å². The molecule has 0 fully saturated rings. The van der Waals surface area contributed by atoms with Gasteiger partial charge in [0.25, 0.3) is 0 Å². The maximum Gasteiger partial charge on any atom is 0.185 e. The number of ketones is 1. The van der Waals surface area contributed by atoms with Crippen molar-refractivity contribution in [1.82, 2.24) is 0 Å². The molecule has 0 N–H and O–H groups in total. The number of benzene rings is 3. The molecule has 0 aliphatic heterocycles. The van der Waals surface area contributed by atoms with Crippen molar-refractivity contribution in [3.8, 4) is 0 Å². The highest BCUT2D eigenvalue weighted by molar-refractivity contribution is 6.06. The lowest BCUT2D eigenvalue weighted by Crippen LogP contribution is -2.02. The van der Waals surface area contributed by atoms with Crippen LogP contribution < -0.4 is 0 Å². The van der Waals surface area contributed by atoms with Crippen LogP contribution in [0.25, 0.3) is 11.6 Å². The molecule has 0 amide bonds. The second kappa shape index (κ2) is 20.7. The lowest BCUT2D eigenvalue weighted by molar-refractivity contribution is 0.104. The van der Waals surface area contributed by atoms with Gasteiger partial charge in [-0.1, -0.05) is 170 Å². The average Bonchev–Trinajstić information content (AvgIpc) is 3.04. The van der Waals surface area contributed by atoms with Gasteiger partial charge in [-0.15, -0.1) is 0 Å². The zero-order chi connectivity index (χ0) is 31.4. The van der Waals surface area contributed by atoms with Crippen LogP contribution in [0.4, 0.5) is 4.39 Å². The van der Waals surface area contributed by atoms with Crippen molar-refractivity contribution in [3.63, 3.8) is 0 Å². The molecular weight excluding hydrogens is 539 g/mol. The van der Waals surface area contributed by atoms with Crippen molar-refractivity contribution in [2.75, 3.05) is 0 Å². The lowest BCUT2D eigenvalue weighted by atomic mass is 9.85. The minimum atomic E-state index is -0.339. The summed E-state index contributed by atoms with van der Waals surface area (Å²) in [6.07, 6.45) is 25.2. The number of halogens is 1. The van der Waals surface area contributed by atoms with Crippen molar-refractivity contribution < 1.29 is 9.18 Å². The van der Waals surface area contributed by atoms with Gasteiger partial charge in [0.2, 0.25) is 0 Å². The highest BCUT2D eigenvalue weighted by atomic mass is 19.1. The number of carbonyl (C=O) groups is 1. The Morgan fingerprint density at radius 1 is 0.636 bits per heavy atom. The molecule has 2 heteroatoms. The molecule has 1 atom stereocenters. The van der Waals surface area contributed by atoms with Crippen LogP contribution in [0.3, 0.4) is 0 Å². The largest absolute Gasteiger partial charge is 0.289 e. The van der Waals surface area contributed by atoms with Crippen molar-refractivity contribution >= 4 is 17.4 Å². The Hall–Kier alpha value is -3.26. The fraction of sp³-hybridized carbons (Fsp3) is 0.452. The first-order valence-corrected chi connectivity index (χ1v) is 17.3. The Kier molecular flexibility index (Phi) is 16.5. The molecule has 0 spiro atoms. The Morgan fingerprint density at radius 3 is 1.55 bits per heavy atom. The summed E-state index contributed by atoms with van der Waals surface area (Å²) in [6.45, 7) is 8.43. The molecule has 1 unspecified atom stereocenters. The Bertz CT molecular complexity index is 1250. The summed E-state index contributed by atoms with van der Waals surface area (Å²) in [6, 6.07) is 23.1. The molecule has 236 valence electrons. The van der Waals surface area contributed by atoms with Gasteiger partial charge in [-0.3, -0.25) is 4.79 Å². The third-order valence-electron chi connectivity index (χ3n) is 8.80. The quantitative estimate of drug-likeness (QED) is 0.0642. The number of carbonyl (C=O) groups excluding carboxylic acids is 1. The van der Waals surface area contributed by atoms with Crippen LogP contribution in [0.5, 0.6) is 0 Å². The van der Waals surface area contributed by atoms with Gasteiger partial charge in [-0.25, -0.2) is 4.39 Å². The van der Waals surface area contributed by atoms with E-state index in [4.69, 9.17) is 0 Å². The Labute approximate surface area is 267 Å². The third kappa shape index (κ3) is 13.2. The van der Waals surface area contributed by atoms with Crippen molar-refractivity contribution in [2.24, 2.45) is 0 Å². The van der Waals surface area contributed by atoms with Crippen LogP contribution in [0.1, 0.15) is 155 Å². The van der Waals surface area contributed by atoms with Gasteiger partial charge < -0.3 is 0 Å². The van der Waals surface area contributed by atoms with Crippen LogP contribution in [-0.2, 0) is 0 Å². The lowest BCUT2D eigenvalue weighted by Gasteiger charge is -2.19. The molecule has 0 aliphatic carbocycles. The van der Waals surface area contributed by atoms with Gasteiger partial charge in [-0.2, -0.15) is 0 Å². The van der Waals surface area contributed by atoms with E-state index in [1.165, 1.54) is 137 Å². The van der Waals surface area contributed by atoms with Gasteiger partial charge in [0.15, 0.2) is 5.78 Å². The molecule has 3 rings (SSSR count). The Balaban J connectivity index is 1.46. The van der Waals surface area contributed by atoms with Crippen LogP contribution in [0.15, 0.2) is 85.5 Å². The summed E-state index contributed by atoms with van der Waals surface area (Å²) in [5.74, 6) is -0.123. The molecule has 0 saturated carbocycles. The molecule has 0 saturated heterocycles. The van der Waals surface area contributed by atoms with E-state index in [2.05, 4.69) is 69.0 Å². The molecule has 3 aromatic carbocycles. The van der Waals surface area contributed by atoms with E-state index in [0.29, 0.717) is 11.5 Å². The highest BCUT2D eigenvalue weighted by Gasteiger charge is 2.14. The summed E-state index contributed by atoms with van der Waals surface area (Å²) in [5.41, 5.74) is 6.39. The van der Waals surface area contributed by atoms with Gasteiger partial charge in [0.1, 0.15) is 5.82 Å². The summed E-state index contributed by atoms with van der Waals surface area (Å²) in [4.78, 5) is 12.5. The fourth-order valence-corrected chi connectivity index (χ4v) is 5.97. The van der Waals surface area contributed by atoms with Gasteiger partial charge in [-0.05, 0) is 65.9 Å². The number of hydrogen-bond acceptors (Lipinski definition) is 1. The maximum atomic E-state index is 13.2. The van der Waals surface area contributed by atoms with Crippen LogP contribution in [-0.4, -0.2) is 5.78 Å². The van der Waals surface area contributed by atoms with E-state index in [9.17, 15) is 9.18 Å². The molecule has 0 bridgehead atoms. The fourth-order valence-electron chi connectivity index (χ4n) is 5.97. The topological polar surface area (TPSA) is 17.1 Å². The molecule has 44 heavy (non-hydrogen) atoms. The first kappa shape index (κ1) is 35.2.